The van der Waals surface area contributed by atoms with E-state index in [4.69, 9.17) is 0 Å². The first-order chi connectivity index (χ1) is 6.97. The van der Waals surface area contributed by atoms with Crippen molar-refractivity contribution >= 4 is 15.9 Å². The molecule has 0 spiro atoms. The second kappa shape index (κ2) is 5.17. The Kier molecular flexibility index (Phi) is 4.98. The van der Waals surface area contributed by atoms with Crippen LogP contribution in [-0.4, -0.2) is 19.6 Å². The third-order valence-electron chi connectivity index (χ3n) is 2.25. The van der Waals surface area contributed by atoms with Crippen molar-refractivity contribution in [2.24, 2.45) is 11.3 Å². The van der Waals surface area contributed by atoms with Gasteiger partial charge in [0.2, 0.25) is 15.9 Å². The lowest BCUT2D eigenvalue weighted by Gasteiger charge is -2.21. The number of carbonyl (C=O) groups excluding carboxylic acids is 1. The van der Waals surface area contributed by atoms with Crippen molar-refractivity contribution in [2.45, 2.75) is 53.2 Å². The third-order valence-corrected chi connectivity index (χ3v) is 3.97. The van der Waals surface area contributed by atoms with E-state index in [-0.39, 0.29) is 5.92 Å². The summed E-state index contributed by atoms with van der Waals surface area (Å²) in [5, 5.41) is -0.543. The maximum Gasteiger partial charge on any atom is 0.238 e. The largest absolute Gasteiger partial charge is 0.273 e. The van der Waals surface area contributed by atoms with Gasteiger partial charge in [0.1, 0.15) is 0 Å². The van der Waals surface area contributed by atoms with Gasteiger partial charge in [-0.3, -0.25) is 9.52 Å². The van der Waals surface area contributed by atoms with E-state index >= 15 is 0 Å². The molecular weight excluding hydrogens is 226 g/mol. The van der Waals surface area contributed by atoms with Crippen LogP contribution < -0.4 is 4.72 Å². The highest BCUT2D eigenvalue weighted by atomic mass is 32.2. The van der Waals surface area contributed by atoms with Gasteiger partial charge in [0.05, 0.1) is 5.25 Å². The molecule has 0 bridgehead atoms. The van der Waals surface area contributed by atoms with Gasteiger partial charge in [0.25, 0.3) is 0 Å². The normalized spacial score (nSPS) is 14.9. The summed E-state index contributed by atoms with van der Waals surface area (Å²) in [5.41, 5.74) is -0.690. The summed E-state index contributed by atoms with van der Waals surface area (Å²) in [6.07, 6.45) is 0.548. The molecule has 0 saturated carbocycles. The van der Waals surface area contributed by atoms with Gasteiger partial charge in [0, 0.05) is 5.41 Å². The number of sulfonamides is 1. The highest BCUT2D eigenvalue weighted by Crippen LogP contribution is 2.16. The molecule has 0 aromatic carbocycles. The third kappa shape index (κ3) is 4.96. The van der Waals surface area contributed by atoms with Gasteiger partial charge < -0.3 is 0 Å². The van der Waals surface area contributed by atoms with Crippen LogP contribution in [0, 0.1) is 11.3 Å². The number of carbonyl (C=O) groups is 1. The monoisotopic (exact) mass is 249 g/mol. The Bertz CT molecular complexity index is 339. The Morgan fingerprint density at radius 1 is 1.19 bits per heavy atom. The smallest absolute Gasteiger partial charge is 0.238 e. The first-order valence-corrected chi connectivity index (χ1v) is 7.07. The van der Waals surface area contributed by atoms with Crippen molar-refractivity contribution in [1.29, 1.82) is 0 Å². The van der Waals surface area contributed by atoms with Crippen molar-refractivity contribution < 1.29 is 13.2 Å². The first kappa shape index (κ1) is 15.4. The fraction of sp³-hybridized carbons (Fsp3) is 0.909. The summed E-state index contributed by atoms with van der Waals surface area (Å²) in [6, 6.07) is 0. The highest BCUT2D eigenvalue weighted by molar-refractivity contribution is 7.90. The van der Waals surface area contributed by atoms with Crippen LogP contribution in [0.15, 0.2) is 0 Å². The number of nitrogens with one attached hydrogen (secondary N) is 1. The Labute approximate surface area is 98.9 Å². The summed E-state index contributed by atoms with van der Waals surface area (Å²) in [6.45, 7) is 10.6. The lowest BCUT2D eigenvalue weighted by Crippen LogP contribution is -2.43. The topological polar surface area (TPSA) is 63.2 Å². The van der Waals surface area contributed by atoms with E-state index < -0.39 is 26.6 Å². The molecule has 5 heteroatoms. The van der Waals surface area contributed by atoms with E-state index in [9.17, 15) is 13.2 Å². The summed E-state index contributed by atoms with van der Waals surface area (Å²) in [7, 11) is -3.54. The predicted octanol–water partition coefficient (Wildman–Crippen LogP) is 1.91. The minimum absolute atomic E-state index is 0.288. The van der Waals surface area contributed by atoms with Crippen molar-refractivity contribution in [1.82, 2.24) is 4.72 Å². The molecule has 0 unspecified atom stereocenters. The predicted molar refractivity (Wildman–Crippen MR) is 65.4 cm³/mol. The molecule has 0 aliphatic carbocycles. The van der Waals surface area contributed by atoms with Gasteiger partial charge in [0.15, 0.2) is 0 Å². The molecule has 16 heavy (non-hydrogen) atoms. The van der Waals surface area contributed by atoms with E-state index in [2.05, 4.69) is 4.72 Å². The molecule has 1 atom stereocenters. The van der Waals surface area contributed by atoms with Crippen LogP contribution in [0.3, 0.4) is 0 Å². The SMILES string of the molecule is CC(C)C[C@H](C)S(=O)(=O)NC(=O)C(C)(C)C. The summed E-state index contributed by atoms with van der Waals surface area (Å²) < 4.78 is 25.7. The molecule has 4 nitrogen and oxygen atoms in total. The Balaban J connectivity index is 4.65. The summed E-state index contributed by atoms with van der Waals surface area (Å²) in [4.78, 5) is 11.6. The van der Waals surface area contributed by atoms with Gasteiger partial charge in [-0.1, -0.05) is 34.6 Å². The van der Waals surface area contributed by atoms with Gasteiger partial charge in [-0.25, -0.2) is 8.42 Å². The number of amides is 1. The van der Waals surface area contributed by atoms with Crippen LogP contribution in [0.2, 0.25) is 0 Å². The molecule has 1 N–H and O–H groups in total. The Morgan fingerprint density at radius 2 is 1.62 bits per heavy atom. The molecule has 0 aromatic heterocycles. The molecule has 0 aliphatic heterocycles. The highest BCUT2D eigenvalue weighted by Gasteiger charge is 2.29. The molecule has 0 aliphatic rings. The number of hydrogen-bond acceptors (Lipinski definition) is 3. The Hall–Kier alpha value is -0.580. The molecular formula is C11H23NO3S. The Morgan fingerprint density at radius 3 is 1.94 bits per heavy atom. The van der Waals surface area contributed by atoms with Crippen molar-refractivity contribution in [3.63, 3.8) is 0 Å². The maximum absolute atomic E-state index is 11.8. The molecule has 0 heterocycles. The van der Waals surface area contributed by atoms with Gasteiger partial charge in [-0.05, 0) is 19.3 Å². The zero-order valence-electron chi connectivity index (χ0n) is 11.0. The van der Waals surface area contributed by atoms with E-state index in [0.29, 0.717) is 6.42 Å². The lowest BCUT2D eigenvalue weighted by atomic mass is 9.96. The van der Waals surface area contributed by atoms with Crippen LogP contribution in [-0.2, 0) is 14.8 Å². The molecule has 0 aromatic rings. The number of rotatable bonds is 4. The van der Waals surface area contributed by atoms with Crippen LogP contribution >= 0.6 is 0 Å². The van der Waals surface area contributed by atoms with Crippen molar-refractivity contribution in [3.05, 3.63) is 0 Å². The van der Waals surface area contributed by atoms with Crippen LogP contribution in [0.25, 0.3) is 0 Å². The van der Waals surface area contributed by atoms with Crippen molar-refractivity contribution in [2.75, 3.05) is 0 Å². The van der Waals surface area contributed by atoms with Gasteiger partial charge in [-0.2, -0.15) is 0 Å². The molecule has 0 fully saturated rings. The number of hydrogen-bond donors (Lipinski definition) is 1. The quantitative estimate of drug-likeness (QED) is 0.828. The average Bonchev–Trinajstić information content (AvgIpc) is 1.99. The van der Waals surface area contributed by atoms with E-state index in [1.165, 1.54) is 0 Å². The van der Waals surface area contributed by atoms with E-state index in [1.807, 2.05) is 13.8 Å². The molecule has 0 saturated heterocycles. The van der Waals surface area contributed by atoms with E-state index in [1.54, 1.807) is 27.7 Å². The minimum atomic E-state index is -3.54. The first-order valence-electron chi connectivity index (χ1n) is 5.53. The molecule has 0 radical (unpaired) electrons. The molecule has 1 amide bonds. The lowest BCUT2D eigenvalue weighted by molar-refractivity contribution is -0.126. The standard InChI is InChI=1S/C11H23NO3S/c1-8(2)7-9(3)16(14,15)12-10(13)11(4,5)6/h8-9H,7H2,1-6H3,(H,12,13)/t9-/m0/s1. The minimum Gasteiger partial charge on any atom is -0.273 e. The zero-order chi connectivity index (χ0) is 13.1. The van der Waals surface area contributed by atoms with Gasteiger partial charge in [-0.15, -0.1) is 0 Å². The van der Waals surface area contributed by atoms with E-state index in [0.717, 1.165) is 0 Å². The molecule has 96 valence electrons. The van der Waals surface area contributed by atoms with Crippen molar-refractivity contribution in [3.8, 4) is 0 Å². The van der Waals surface area contributed by atoms with Crippen LogP contribution in [0.4, 0.5) is 0 Å². The second-order valence-electron chi connectivity index (χ2n) is 5.67. The zero-order valence-corrected chi connectivity index (χ0v) is 11.8. The van der Waals surface area contributed by atoms with Gasteiger partial charge >= 0.3 is 0 Å². The fourth-order valence-electron chi connectivity index (χ4n) is 1.17. The molecule has 0 rings (SSSR count). The summed E-state index contributed by atoms with van der Waals surface area (Å²) >= 11 is 0. The van der Waals surface area contributed by atoms with Crippen LogP contribution in [0.5, 0.6) is 0 Å². The van der Waals surface area contributed by atoms with Crippen LogP contribution in [0.1, 0.15) is 48.0 Å². The maximum atomic E-state index is 11.8. The second-order valence-corrected chi connectivity index (χ2v) is 7.77. The average molecular weight is 249 g/mol. The fourth-order valence-corrected chi connectivity index (χ4v) is 2.58. The summed E-state index contributed by atoms with van der Waals surface area (Å²) in [5.74, 6) is -0.167.